The molecule has 0 radical (unpaired) electrons. The van der Waals surface area contributed by atoms with Crippen molar-refractivity contribution in [3.63, 3.8) is 0 Å². The van der Waals surface area contributed by atoms with Crippen LogP contribution in [0.4, 0.5) is 5.69 Å². The molecular weight excluding hydrogens is 312 g/mol. The van der Waals surface area contributed by atoms with Crippen LogP contribution >= 0.6 is 0 Å². The lowest BCUT2D eigenvalue weighted by Crippen LogP contribution is -2.47. The summed E-state index contributed by atoms with van der Waals surface area (Å²) in [5, 5.41) is 2.92. The minimum absolute atomic E-state index is 0.00177. The second-order valence-corrected chi connectivity index (χ2v) is 7.14. The zero-order valence-electron chi connectivity index (χ0n) is 14.8. The van der Waals surface area contributed by atoms with Gasteiger partial charge in [-0.15, -0.1) is 0 Å². The molecule has 0 bridgehead atoms. The van der Waals surface area contributed by atoms with Crippen molar-refractivity contribution in [1.29, 1.82) is 0 Å². The summed E-state index contributed by atoms with van der Waals surface area (Å²) in [5.74, 6) is -0.124. The molecule has 4 nitrogen and oxygen atoms in total. The third-order valence-electron chi connectivity index (χ3n) is 4.70. The van der Waals surface area contributed by atoms with E-state index in [1.165, 1.54) is 5.56 Å². The first-order valence-corrected chi connectivity index (χ1v) is 8.68. The molecule has 0 saturated carbocycles. The number of rotatable bonds is 5. The smallest absolute Gasteiger partial charge is 0.240 e. The molecule has 0 unspecified atom stereocenters. The maximum atomic E-state index is 12.5. The molecule has 0 fully saturated rings. The van der Waals surface area contributed by atoms with Gasteiger partial charge in [0.1, 0.15) is 6.54 Å². The summed E-state index contributed by atoms with van der Waals surface area (Å²) in [6.07, 6.45) is 1.20. The maximum Gasteiger partial charge on any atom is 0.240 e. The Morgan fingerprint density at radius 2 is 1.76 bits per heavy atom. The molecular formula is C21H24N2O2. The van der Waals surface area contributed by atoms with E-state index in [0.29, 0.717) is 13.0 Å². The monoisotopic (exact) mass is 336 g/mol. The van der Waals surface area contributed by atoms with E-state index in [9.17, 15) is 9.59 Å². The molecule has 0 aliphatic carbocycles. The topological polar surface area (TPSA) is 49.4 Å². The first-order chi connectivity index (χ1) is 12.0. The molecule has 2 amide bonds. The van der Waals surface area contributed by atoms with Crippen molar-refractivity contribution in [3.05, 3.63) is 65.7 Å². The van der Waals surface area contributed by atoms with Gasteiger partial charge in [-0.1, -0.05) is 62.4 Å². The van der Waals surface area contributed by atoms with Crippen LogP contribution in [-0.4, -0.2) is 24.9 Å². The van der Waals surface area contributed by atoms with Crippen LogP contribution < -0.4 is 10.2 Å². The van der Waals surface area contributed by atoms with Crippen molar-refractivity contribution < 1.29 is 9.59 Å². The van der Waals surface area contributed by atoms with E-state index in [0.717, 1.165) is 17.7 Å². The van der Waals surface area contributed by atoms with Crippen molar-refractivity contribution in [1.82, 2.24) is 5.32 Å². The van der Waals surface area contributed by atoms with E-state index in [4.69, 9.17) is 0 Å². The number of nitrogens with one attached hydrogen (secondary N) is 1. The van der Waals surface area contributed by atoms with Crippen LogP contribution in [-0.2, 0) is 21.4 Å². The van der Waals surface area contributed by atoms with Crippen LogP contribution in [0.25, 0.3) is 0 Å². The molecule has 0 atom stereocenters. The van der Waals surface area contributed by atoms with Gasteiger partial charge in [-0.2, -0.15) is 0 Å². The molecule has 1 aliphatic heterocycles. The summed E-state index contributed by atoms with van der Waals surface area (Å²) in [5.41, 5.74) is 2.95. The van der Waals surface area contributed by atoms with Gasteiger partial charge < -0.3 is 10.2 Å². The summed E-state index contributed by atoms with van der Waals surface area (Å²) < 4.78 is 0. The number of anilines is 1. The van der Waals surface area contributed by atoms with Gasteiger partial charge in [0.2, 0.25) is 11.8 Å². The fraction of sp³-hybridized carbons (Fsp3) is 0.333. The number of fused-ring (bicyclic) bond motifs is 1. The van der Waals surface area contributed by atoms with Crippen LogP contribution in [0, 0.1) is 0 Å². The van der Waals surface area contributed by atoms with Crippen molar-refractivity contribution >= 4 is 17.5 Å². The summed E-state index contributed by atoms with van der Waals surface area (Å²) in [6.45, 7) is 4.78. The van der Waals surface area contributed by atoms with E-state index in [1.807, 2.05) is 54.6 Å². The van der Waals surface area contributed by atoms with E-state index in [-0.39, 0.29) is 23.8 Å². The van der Waals surface area contributed by atoms with Gasteiger partial charge in [0, 0.05) is 24.1 Å². The Morgan fingerprint density at radius 1 is 1.08 bits per heavy atom. The standard InChI is InChI=1S/C21H24N2O2/c1-21(2)14-20(25)23(18-11-7-6-10-17(18)21)15-19(24)22-13-12-16-8-4-3-5-9-16/h3-11H,12-15H2,1-2H3,(H,22,24). The number of amides is 2. The SMILES string of the molecule is CC1(C)CC(=O)N(CC(=O)NCCc2ccccc2)c2ccccc21. The number of carbonyl (C=O) groups excluding carboxylic acids is 2. The van der Waals surface area contributed by atoms with Crippen LogP contribution in [0.5, 0.6) is 0 Å². The second kappa shape index (κ2) is 7.09. The number of hydrogen-bond donors (Lipinski definition) is 1. The van der Waals surface area contributed by atoms with Crippen LogP contribution in [0.2, 0.25) is 0 Å². The van der Waals surface area contributed by atoms with E-state index >= 15 is 0 Å². The third kappa shape index (κ3) is 3.90. The first kappa shape index (κ1) is 17.2. The Balaban J connectivity index is 1.64. The quantitative estimate of drug-likeness (QED) is 0.912. The van der Waals surface area contributed by atoms with Gasteiger partial charge in [0.05, 0.1) is 0 Å². The van der Waals surface area contributed by atoms with Gasteiger partial charge in [-0.05, 0) is 23.6 Å². The molecule has 3 rings (SSSR count). The van der Waals surface area contributed by atoms with Gasteiger partial charge in [0.15, 0.2) is 0 Å². The molecule has 2 aromatic carbocycles. The first-order valence-electron chi connectivity index (χ1n) is 8.68. The number of carbonyl (C=O) groups is 2. The molecule has 0 aromatic heterocycles. The Bertz CT molecular complexity index is 768. The Labute approximate surface area is 148 Å². The molecule has 4 heteroatoms. The largest absolute Gasteiger partial charge is 0.354 e. The van der Waals surface area contributed by atoms with Crippen LogP contribution in [0.3, 0.4) is 0 Å². The molecule has 130 valence electrons. The minimum atomic E-state index is -0.200. The lowest BCUT2D eigenvalue weighted by molar-refractivity contribution is -0.124. The summed E-state index contributed by atoms with van der Waals surface area (Å²) in [4.78, 5) is 26.5. The minimum Gasteiger partial charge on any atom is -0.354 e. The number of para-hydroxylation sites is 1. The van der Waals surface area contributed by atoms with Gasteiger partial charge in [-0.3, -0.25) is 9.59 Å². The highest BCUT2D eigenvalue weighted by atomic mass is 16.2. The van der Waals surface area contributed by atoms with Crippen molar-refractivity contribution in [3.8, 4) is 0 Å². The molecule has 1 aliphatic rings. The Kier molecular flexibility index (Phi) is 4.88. The number of benzene rings is 2. The summed E-state index contributed by atoms with van der Waals surface area (Å²) in [6, 6.07) is 17.9. The zero-order chi connectivity index (χ0) is 17.9. The predicted octanol–water partition coefficient (Wildman–Crippen LogP) is 3.06. The average molecular weight is 336 g/mol. The predicted molar refractivity (Wildman–Crippen MR) is 99.6 cm³/mol. The fourth-order valence-corrected chi connectivity index (χ4v) is 3.35. The average Bonchev–Trinajstić information content (AvgIpc) is 2.59. The van der Waals surface area contributed by atoms with Crippen LogP contribution in [0.15, 0.2) is 54.6 Å². The second-order valence-electron chi connectivity index (χ2n) is 7.14. The lowest BCUT2D eigenvalue weighted by atomic mass is 9.77. The van der Waals surface area contributed by atoms with E-state index in [1.54, 1.807) is 4.90 Å². The Hall–Kier alpha value is -2.62. The highest BCUT2D eigenvalue weighted by Crippen LogP contribution is 2.39. The number of nitrogens with zero attached hydrogens (tertiary/aromatic N) is 1. The summed E-state index contributed by atoms with van der Waals surface area (Å²) in [7, 11) is 0. The van der Waals surface area contributed by atoms with Crippen molar-refractivity contribution in [2.24, 2.45) is 0 Å². The maximum absolute atomic E-state index is 12.5. The molecule has 2 aromatic rings. The zero-order valence-corrected chi connectivity index (χ0v) is 14.8. The normalized spacial score (nSPS) is 15.6. The van der Waals surface area contributed by atoms with Crippen LogP contribution in [0.1, 0.15) is 31.4 Å². The van der Waals surface area contributed by atoms with E-state index in [2.05, 4.69) is 19.2 Å². The highest BCUT2D eigenvalue weighted by molar-refractivity contribution is 6.02. The molecule has 25 heavy (non-hydrogen) atoms. The van der Waals surface area contributed by atoms with Crippen molar-refractivity contribution in [2.75, 3.05) is 18.0 Å². The molecule has 1 N–H and O–H groups in total. The fourth-order valence-electron chi connectivity index (χ4n) is 3.35. The Morgan fingerprint density at radius 3 is 2.52 bits per heavy atom. The molecule has 0 saturated heterocycles. The van der Waals surface area contributed by atoms with Gasteiger partial charge in [0.25, 0.3) is 0 Å². The summed E-state index contributed by atoms with van der Waals surface area (Å²) >= 11 is 0. The molecule has 1 heterocycles. The van der Waals surface area contributed by atoms with Gasteiger partial charge in [-0.25, -0.2) is 0 Å². The van der Waals surface area contributed by atoms with Gasteiger partial charge >= 0.3 is 0 Å². The number of hydrogen-bond acceptors (Lipinski definition) is 2. The lowest BCUT2D eigenvalue weighted by Gasteiger charge is -2.38. The molecule has 0 spiro atoms. The third-order valence-corrected chi connectivity index (χ3v) is 4.70. The van der Waals surface area contributed by atoms with Crippen molar-refractivity contribution in [2.45, 2.75) is 32.1 Å². The van der Waals surface area contributed by atoms with E-state index < -0.39 is 0 Å². The highest BCUT2D eigenvalue weighted by Gasteiger charge is 2.36.